The van der Waals surface area contributed by atoms with Crippen molar-refractivity contribution in [2.45, 2.75) is 32.2 Å². The summed E-state index contributed by atoms with van der Waals surface area (Å²) < 4.78 is 0. The second kappa shape index (κ2) is 5.49. The van der Waals surface area contributed by atoms with E-state index < -0.39 is 0 Å². The van der Waals surface area contributed by atoms with E-state index in [1.54, 1.807) is 4.90 Å². The predicted molar refractivity (Wildman–Crippen MR) is 64.4 cm³/mol. The second-order valence-electron chi connectivity index (χ2n) is 4.77. The number of hydrogen-bond acceptors (Lipinski definition) is 3. The number of carbonyl (C=O) groups excluding carboxylic acids is 2. The van der Waals surface area contributed by atoms with Gasteiger partial charge in [-0.2, -0.15) is 0 Å². The van der Waals surface area contributed by atoms with Gasteiger partial charge in [0.1, 0.15) is 6.04 Å². The number of nitrogens with zero attached hydrogens (tertiary/aromatic N) is 1. The van der Waals surface area contributed by atoms with Crippen molar-refractivity contribution in [1.82, 2.24) is 15.5 Å². The van der Waals surface area contributed by atoms with E-state index in [2.05, 4.69) is 10.6 Å². The van der Waals surface area contributed by atoms with Crippen LogP contribution in [0.4, 0.5) is 0 Å². The Morgan fingerprint density at radius 2 is 2.06 bits per heavy atom. The highest BCUT2D eigenvalue weighted by molar-refractivity contribution is 5.89. The van der Waals surface area contributed by atoms with Crippen molar-refractivity contribution < 1.29 is 9.59 Å². The highest BCUT2D eigenvalue weighted by Gasteiger charge is 2.35. The van der Waals surface area contributed by atoms with E-state index in [1.165, 1.54) is 0 Å². The number of rotatable bonds is 2. The standard InChI is InChI=1S/C12H21N3O2/c1-2-10-11(16)14-7-8-15(10)12(17)9-3-5-13-6-4-9/h9-10,13H,2-8H2,1H3,(H,14,16). The number of hydrogen-bond donors (Lipinski definition) is 2. The zero-order valence-electron chi connectivity index (χ0n) is 10.4. The fraction of sp³-hybridized carbons (Fsp3) is 0.833. The molecule has 0 aliphatic carbocycles. The van der Waals surface area contributed by atoms with Crippen molar-refractivity contribution in [3.8, 4) is 0 Å². The average Bonchev–Trinajstić information content (AvgIpc) is 2.38. The van der Waals surface area contributed by atoms with Crippen molar-refractivity contribution >= 4 is 11.8 Å². The minimum Gasteiger partial charge on any atom is -0.353 e. The fourth-order valence-corrected chi connectivity index (χ4v) is 2.69. The van der Waals surface area contributed by atoms with E-state index in [0.717, 1.165) is 25.9 Å². The van der Waals surface area contributed by atoms with Crippen LogP contribution in [0, 0.1) is 5.92 Å². The molecule has 0 radical (unpaired) electrons. The van der Waals surface area contributed by atoms with Crippen LogP contribution in [0.1, 0.15) is 26.2 Å². The van der Waals surface area contributed by atoms with Gasteiger partial charge in [-0.1, -0.05) is 6.92 Å². The molecular formula is C12H21N3O2. The van der Waals surface area contributed by atoms with E-state index in [-0.39, 0.29) is 23.8 Å². The molecular weight excluding hydrogens is 218 g/mol. The Kier molecular flexibility index (Phi) is 3.99. The first-order valence-corrected chi connectivity index (χ1v) is 6.53. The van der Waals surface area contributed by atoms with Crippen LogP contribution < -0.4 is 10.6 Å². The van der Waals surface area contributed by atoms with Crippen LogP contribution in [-0.4, -0.2) is 48.9 Å². The summed E-state index contributed by atoms with van der Waals surface area (Å²) in [6.07, 6.45) is 2.49. The summed E-state index contributed by atoms with van der Waals surface area (Å²) in [5.74, 6) is 0.283. The summed E-state index contributed by atoms with van der Waals surface area (Å²) in [5.41, 5.74) is 0. The average molecular weight is 239 g/mol. The normalized spacial score (nSPS) is 26.8. The van der Waals surface area contributed by atoms with Gasteiger partial charge in [0.15, 0.2) is 0 Å². The highest BCUT2D eigenvalue weighted by Crippen LogP contribution is 2.19. The monoisotopic (exact) mass is 239 g/mol. The minimum atomic E-state index is -0.258. The third kappa shape index (κ3) is 2.60. The lowest BCUT2D eigenvalue weighted by atomic mass is 9.95. The quantitative estimate of drug-likeness (QED) is 0.697. The van der Waals surface area contributed by atoms with Crippen LogP contribution in [0.25, 0.3) is 0 Å². The predicted octanol–water partition coefficient (Wildman–Crippen LogP) is -0.277. The van der Waals surface area contributed by atoms with Crippen LogP contribution in [0.2, 0.25) is 0 Å². The van der Waals surface area contributed by atoms with Crippen LogP contribution >= 0.6 is 0 Å². The lowest BCUT2D eigenvalue weighted by Crippen LogP contribution is -2.58. The number of piperidine rings is 1. The summed E-state index contributed by atoms with van der Waals surface area (Å²) in [4.78, 5) is 25.9. The van der Waals surface area contributed by atoms with E-state index in [1.807, 2.05) is 6.92 Å². The van der Waals surface area contributed by atoms with Crippen LogP contribution in [0.5, 0.6) is 0 Å². The molecule has 5 heteroatoms. The third-order valence-electron chi connectivity index (χ3n) is 3.69. The molecule has 17 heavy (non-hydrogen) atoms. The van der Waals surface area contributed by atoms with E-state index in [4.69, 9.17) is 0 Å². The van der Waals surface area contributed by atoms with E-state index in [0.29, 0.717) is 19.5 Å². The molecule has 0 aromatic carbocycles. The SMILES string of the molecule is CCC1C(=O)NCCN1C(=O)C1CCNCC1. The Morgan fingerprint density at radius 1 is 1.35 bits per heavy atom. The maximum absolute atomic E-state index is 12.4. The maximum atomic E-state index is 12.4. The van der Waals surface area contributed by atoms with Gasteiger partial charge in [-0.3, -0.25) is 9.59 Å². The first-order valence-electron chi connectivity index (χ1n) is 6.53. The molecule has 2 amide bonds. The molecule has 2 aliphatic heterocycles. The molecule has 2 N–H and O–H groups in total. The molecule has 2 fully saturated rings. The van der Waals surface area contributed by atoms with Crippen LogP contribution in [0.15, 0.2) is 0 Å². The first-order chi connectivity index (χ1) is 8.24. The molecule has 0 aromatic rings. The molecule has 1 atom stereocenters. The van der Waals surface area contributed by atoms with Gasteiger partial charge in [0.05, 0.1) is 0 Å². The highest BCUT2D eigenvalue weighted by atomic mass is 16.2. The largest absolute Gasteiger partial charge is 0.353 e. The van der Waals surface area contributed by atoms with Gasteiger partial charge in [-0.15, -0.1) is 0 Å². The fourth-order valence-electron chi connectivity index (χ4n) is 2.69. The lowest BCUT2D eigenvalue weighted by molar-refractivity contribution is -0.147. The minimum absolute atomic E-state index is 0.000958. The van der Waals surface area contributed by atoms with Crippen molar-refractivity contribution in [1.29, 1.82) is 0 Å². The number of carbonyl (C=O) groups is 2. The molecule has 2 rings (SSSR count). The van der Waals surface area contributed by atoms with Crippen molar-refractivity contribution in [3.05, 3.63) is 0 Å². The van der Waals surface area contributed by atoms with E-state index >= 15 is 0 Å². The third-order valence-corrected chi connectivity index (χ3v) is 3.69. The Balaban J connectivity index is 2.03. The molecule has 0 saturated carbocycles. The number of amides is 2. The molecule has 1 unspecified atom stereocenters. The summed E-state index contributed by atoms with van der Waals surface area (Å²) in [6.45, 7) is 5.03. The van der Waals surface area contributed by atoms with Gasteiger partial charge in [-0.05, 0) is 32.4 Å². The van der Waals surface area contributed by atoms with Gasteiger partial charge in [0.2, 0.25) is 11.8 Å². The van der Waals surface area contributed by atoms with Gasteiger partial charge in [-0.25, -0.2) is 0 Å². The Hall–Kier alpha value is -1.10. The van der Waals surface area contributed by atoms with Gasteiger partial charge in [0, 0.05) is 19.0 Å². The Morgan fingerprint density at radius 3 is 2.71 bits per heavy atom. The number of piperazine rings is 1. The summed E-state index contributed by atoms with van der Waals surface area (Å²) >= 11 is 0. The molecule has 0 spiro atoms. The van der Waals surface area contributed by atoms with Crippen LogP contribution in [0.3, 0.4) is 0 Å². The smallest absolute Gasteiger partial charge is 0.242 e. The molecule has 0 aromatic heterocycles. The zero-order chi connectivity index (χ0) is 12.3. The van der Waals surface area contributed by atoms with Gasteiger partial charge < -0.3 is 15.5 Å². The Bertz CT molecular complexity index is 300. The summed E-state index contributed by atoms with van der Waals surface area (Å²) in [6, 6.07) is -0.258. The zero-order valence-corrected chi connectivity index (χ0v) is 10.4. The topological polar surface area (TPSA) is 61.4 Å². The molecule has 96 valence electrons. The molecule has 2 heterocycles. The lowest BCUT2D eigenvalue weighted by Gasteiger charge is -2.37. The Labute approximate surface area is 102 Å². The van der Waals surface area contributed by atoms with Crippen molar-refractivity contribution in [2.24, 2.45) is 5.92 Å². The summed E-state index contributed by atoms with van der Waals surface area (Å²) in [5, 5.41) is 6.08. The first kappa shape index (κ1) is 12.4. The van der Waals surface area contributed by atoms with Crippen molar-refractivity contribution in [3.63, 3.8) is 0 Å². The summed E-state index contributed by atoms with van der Waals surface area (Å²) in [7, 11) is 0. The van der Waals surface area contributed by atoms with Crippen molar-refractivity contribution in [2.75, 3.05) is 26.2 Å². The van der Waals surface area contributed by atoms with Gasteiger partial charge >= 0.3 is 0 Å². The van der Waals surface area contributed by atoms with E-state index in [9.17, 15) is 9.59 Å². The maximum Gasteiger partial charge on any atom is 0.242 e. The van der Waals surface area contributed by atoms with Crippen LogP contribution in [-0.2, 0) is 9.59 Å². The molecule has 5 nitrogen and oxygen atoms in total. The number of nitrogens with one attached hydrogen (secondary N) is 2. The van der Waals surface area contributed by atoms with Gasteiger partial charge in [0.25, 0.3) is 0 Å². The second-order valence-corrected chi connectivity index (χ2v) is 4.77. The molecule has 2 aliphatic rings. The molecule has 2 saturated heterocycles. The molecule has 0 bridgehead atoms.